The van der Waals surface area contributed by atoms with Gasteiger partial charge in [-0.1, -0.05) is 0 Å². The first-order chi connectivity index (χ1) is 12.5. The maximum atomic E-state index is 14.5. The summed E-state index contributed by atoms with van der Waals surface area (Å²) >= 11 is 0. The Labute approximate surface area is 148 Å². The van der Waals surface area contributed by atoms with Crippen LogP contribution in [-0.4, -0.2) is 50.2 Å². The summed E-state index contributed by atoms with van der Waals surface area (Å²) in [5.41, 5.74) is 0.811. The molecule has 1 aliphatic heterocycles. The molecule has 8 nitrogen and oxygen atoms in total. The zero-order valence-electron chi connectivity index (χ0n) is 14.2. The van der Waals surface area contributed by atoms with Gasteiger partial charge in [0.25, 0.3) is 5.91 Å². The molecule has 4 rings (SSSR count). The largest absolute Gasteiger partial charge is 0.423 e. The quantitative estimate of drug-likeness (QED) is 0.693. The molecule has 9 heteroatoms. The van der Waals surface area contributed by atoms with Gasteiger partial charge >= 0.3 is 0 Å². The number of hydrogen-bond acceptors (Lipinski definition) is 7. The summed E-state index contributed by atoms with van der Waals surface area (Å²) in [6, 6.07) is 2.64. The van der Waals surface area contributed by atoms with Gasteiger partial charge in [-0.05, 0) is 13.0 Å². The lowest BCUT2D eigenvalue weighted by Crippen LogP contribution is -2.46. The van der Waals surface area contributed by atoms with Crippen molar-refractivity contribution in [1.29, 1.82) is 0 Å². The average molecular weight is 357 g/mol. The third kappa shape index (κ3) is 3.01. The van der Waals surface area contributed by atoms with E-state index < -0.39 is 17.8 Å². The summed E-state index contributed by atoms with van der Waals surface area (Å²) in [6.07, 6.45) is 2.17. The van der Waals surface area contributed by atoms with Crippen LogP contribution in [0.2, 0.25) is 0 Å². The van der Waals surface area contributed by atoms with Gasteiger partial charge < -0.3 is 14.1 Å². The number of aromatic nitrogens is 4. The number of amides is 1. The number of aryl methyl sites for hydroxylation is 1. The zero-order chi connectivity index (χ0) is 18.3. The van der Waals surface area contributed by atoms with Crippen molar-refractivity contribution in [3.05, 3.63) is 47.7 Å². The van der Waals surface area contributed by atoms with Gasteiger partial charge in [0, 0.05) is 31.9 Å². The summed E-state index contributed by atoms with van der Waals surface area (Å²) in [6.45, 7) is 4.04. The van der Waals surface area contributed by atoms with E-state index in [2.05, 4.69) is 20.2 Å². The van der Waals surface area contributed by atoms with Gasteiger partial charge in [0.15, 0.2) is 6.10 Å². The van der Waals surface area contributed by atoms with E-state index in [1.54, 1.807) is 6.92 Å². The Bertz CT molecular complexity index is 976. The summed E-state index contributed by atoms with van der Waals surface area (Å²) in [7, 11) is 0. The fourth-order valence-electron chi connectivity index (χ4n) is 3.02. The molecule has 1 saturated heterocycles. The van der Waals surface area contributed by atoms with Crippen LogP contribution in [0.3, 0.4) is 0 Å². The van der Waals surface area contributed by atoms with Crippen molar-refractivity contribution in [2.45, 2.75) is 26.1 Å². The van der Waals surface area contributed by atoms with Crippen molar-refractivity contribution < 1.29 is 18.3 Å². The predicted molar refractivity (Wildman–Crippen MR) is 87.7 cm³/mol. The summed E-state index contributed by atoms with van der Waals surface area (Å²) < 4.78 is 25.7. The lowest BCUT2D eigenvalue weighted by molar-refractivity contribution is -0.0797. The molecular weight excluding hydrogens is 341 g/mol. The Balaban J connectivity index is 1.63. The molecule has 0 radical (unpaired) electrons. The Morgan fingerprint density at radius 2 is 1.92 bits per heavy atom. The van der Waals surface area contributed by atoms with Crippen LogP contribution in [0.25, 0.3) is 11.0 Å². The van der Waals surface area contributed by atoms with E-state index >= 15 is 0 Å². The monoisotopic (exact) mass is 357 g/mol. The Morgan fingerprint density at radius 1 is 1.19 bits per heavy atom. The van der Waals surface area contributed by atoms with Crippen molar-refractivity contribution in [3.63, 3.8) is 0 Å². The van der Waals surface area contributed by atoms with E-state index in [1.807, 2.05) is 6.92 Å². The van der Waals surface area contributed by atoms with Gasteiger partial charge in [0.1, 0.15) is 5.82 Å². The molecule has 0 bridgehead atoms. The molecule has 0 spiro atoms. The lowest BCUT2D eigenvalue weighted by Gasteiger charge is -2.35. The van der Waals surface area contributed by atoms with Gasteiger partial charge in [-0.25, -0.2) is 4.39 Å². The molecule has 26 heavy (non-hydrogen) atoms. The highest BCUT2D eigenvalue weighted by Crippen LogP contribution is 2.26. The normalized spacial score (nSPS) is 20.5. The third-order valence-electron chi connectivity index (χ3n) is 4.15. The van der Waals surface area contributed by atoms with E-state index in [0.29, 0.717) is 29.4 Å². The van der Waals surface area contributed by atoms with Gasteiger partial charge in [-0.3, -0.25) is 14.8 Å². The number of fused-ring (bicyclic) bond motifs is 1. The molecule has 0 saturated carbocycles. The number of rotatable bonds is 2. The van der Waals surface area contributed by atoms with Crippen LogP contribution in [0.15, 0.2) is 28.9 Å². The number of benzene rings is 1. The second-order valence-electron chi connectivity index (χ2n) is 6.18. The van der Waals surface area contributed by atoms with Crippen molar-refractivity contribution in [2.24, 2.45) is 0 Å². The highest BCUT2D eigenvalue weighted by atomic mass is 19.1. The summed E-state index contributed by atoms with van der Waals surface area (Å²) in [5, 5.41) is 7.74. The van der Waals surface area contributed by atoms with E-state index in [4.69, 9.17) is 9.15 Å². The highest BCUT2D eigenvalue weighted by Gasteiger charge is 2.33. The molecule has 1 aromatic carbocycles. The second-order valence-corrected chi connectivity index (χ2v) is 6.18. The molecule has 0 unspecified atom stereocenters. The molecule has 2 atom stereocenters. The number of carbonyl (C=O) groups excluding carboxylic acids is 1. The molecule has 3 heterocycles. The fourth-order valence-corrected chi connectivity index (χ4v) is 3.02. The van der Waals surface area contributed by atoms with Crippen LogP contribution in [-0.2, 0) is 4.74 Å². The number of hydrogen-bond donors (Lipinski definition) is 0. The molecule has 134 valence electrons. The molecule has 3 aromatic rings. The summed E-state index contributed by atoms with van der Waals surface area (Å²) in [4.78, 5) is 22.6. The lowest BCUT2D eigenvalue weighted by atomic mass is 10.1. The van der Waals surface area contributed by atoms with Crippen LogP contribution in [0.4, 0.5) is 4.39 Å². The van der Waals surface area contributed by atoms with Gasteiger partial charge in [-0.2, -0.15) is 0 Å². The number of carbonyl (C=O) groups is 1. The topological polar surface area (TPSA) is 94.2 Å². The minimum atomic E-state index is -0.632. The highest BCUT2D eigenvalue weighted by molar-refractivity contribution is 5.97. The molecule has 2 aromatic heterocycles. The first-order valence-corrected chi connectivity index (χ1v) is 8.16. The fraction of sp³-hybridized carbons (Fsp3) is 0.353. The van der Waals surface area contributed by atoms with Crippen molar-refractivity contribution >= 4 is 16.9 Å². The molecule has 0 aliphatic carbocycles. The minimum Gasteiger partial charge on any atom is -0.423 e. The minimum absolute atomic E-state index is 0.0486. The van der Waals surface area contributed by atoms with Crippen LogP contribution in [0.1, 0.15) is 35.2 Å². The Morgan fingerprint density at radius 3 is 2.62 bits per heavy atom. The van der Waals surface area contributed by atoms with Crippen molar-refractivity contribution in [2.75, 3.05) is 13.1 Å². The van der Waals surface area contributed by atoms with Gasteiger partial charge in [0.2, 0.25) is 11.8 Å². The van der Waals surface area contributed by atoms with Crippen molar-refractivity contribution in [1.82, 2.24) is 25.1 Å². The second kappa shape index (κ2) is 6.41. The van der Waals surface area contributed by atoms with Crippen LogP contribution in [0.5, 0.6) is 0 Å². The maximum absolute atomic E-state index is 14.5. The standard InChI is InChI=1S/C17H16FN5O3/c1-9-7-23(8-15(25-9)16-22-21-10(2)26-16)17(24)11-5-13-14(6-12(11)18)20-4-3-19-13/h3-6,9,15H,7-8H2,1-2H3/t9-,15-/m1/s1. The molecule has 1 aliphatic rings. The maximum Gasteiger partial charge on any atom is 0.257 e. The first-order valence-electron chi connectivity index (χ1n) is 8.16. The predicted octanol–water partition coefficient (Wildman–Crippen LogP) is 2.06. The molecular formula is C17H16FN5O3. The third-order valence-corrected chi connectivity index (χ3v) is 4.15. The average Bonchev–Trinajstić information content (AvgIpc) is 3.06. The smallest absolute Gasteiger partial charge is 0.257 e. The van der Waals surface area contributed by atoms with Crippen molar-refractivity contribution in [3.8, 4) is 0 Å². The zero-order valence-corrected chi connectivity index (χ0v) is 14.2. The SMILES string of the molecule is Cc1nnc([C@H]2CN(C(=O)c3cc4nccnc4cc3F)C[C@@H](C)O2)o1. The van der Waals surface area contributed by atoms with Crippen LogP contribution >= 0.6 is 0 Å². The first kappa shape index (κ1) is 16.5. The number of halogens is 1. The summed E-state index contributed by atoms with van der Waals surface area (Å²) in [5.74, 6) is -0.352. The van der Waals surface area contributed by atoms with E-state index in [-0.39, 0.29) is 18.2 Å². The Hall–Kier alpha value is -2.94. The van der Waals surface area contributed by atoms with E-state index in [9.17, 15) is 9.18 Å². The van der Waals surface area contributed by atoms with Crippen LogP contribution in [0, 0.1) is 12.7 Å². The number of ether oxygens (including phenoxy) is 1. The van der Waals surface area contributed by atoms with Crippen LogP contribution < -0.4 is 0 Å². The van der Waals surface area contributed by atoms with Gasteiger partial charge in [0.05, 0.1) is 29.2 Å². The van der Waals surface area contributed by atoms with Gasteiger partial charge in [-0.15, -0.1) is 10.2 Å². The molecule has 1 fully saturated rings. The molecule has 0 N–H and O–H groups in total. The van der Waals surface area contributed by atoms with E-state index in [0.717, 1.165) is 0 Å². The number of morpholine rings is 1. The Kier molecular flexibility index (Phi) is 4.08. The molecule has 1 amide bonds. The van der Waals surface area contributed by atoms with E-state index in [1.165, 1.54) is 29.4 Å². The number of nitrogens with zero attached hydrogens (tertiary/aromatic N) is 5.